The Labute approximate surface area is 191 Å². The molecule has 0 aliphatic carbocycles. The number of halogens is 2. The Hall–Kier alpha value is -2.51. The van der Waals surface area contributed by atoms with Gasteiger partial charge in [-0.1, -0.05) is 35.3 Å². The first-order chi connectivity index (χ1) is 14.8. The van der Waals surface area contributed by atoms with Crippen LogP contribution in [0.5, 0.6) is 0 Å². The minimum atomic E-state index is -0.406. The molecule has 2 aromatic carbocycles. The highest BCUT2D eigenvalue weighted by Crippen LogP contribution is 2.29. The summed E-state index contributed by atoms with van der Waals surface area (Å²) in [6, 6.07) is 10.8. The zero-order valence-electron chi connectivity index (χ0n) is 17.6. The van der Waals surface area contributed by atoms with E-state index >= 15 is 0 Å². The summed E-state index contributed by atoms with van der Waals surface area (Å²) in [6.45, 7) is 5.31. The number of anilines is 1. The largest absolute Gasteiger partial charge is 0.395 e. The van der Waals surface area contributed by atoms with Gasteiger partial charge in [0.05, 0.1) is 17.3 Å². The molecule has 3 aromatic rings. The van der Waals surface area contributed by atoms with Crippen molar-refractivity contribution < 1.29 is 9.90 Å². The lowest BCUT2D eigenvalue weighted by Crippen LogP contribution is -2.22. The van der Waals surface area contributed by atoms with Gasteiger partial charge in [0.1, 0.15) is 0 Å². The fraction of sp³-hybridized carbons (Fsp3) is 0.261. The molecule has 0 fully saturated rings. The highest BCUT2D eigenvalue weighted by molar-refractivity contribution is 6.35. The molecule has 2 N–H and O–H groups in total. The molecule has 0 radical (unpaired) electrons. The van der Waals surface area contributed by atoms with Gasteiger partial charge in [0.25, 0.3) is 5.91 Å². The van der Waals surface area contributed by atoms with Gasteiger partial charge >= 0.3 is 0 Å². The molecule has 0 spiro atoms. The van der Waals surface area contributed by atoms with Gasteiger partial charge in [-0.15, -0.1) is 0 Å². The molecule has 1 heterocycles. The maximum atomic E-state index is 12.9. The molecule has 3 rings (SSSR count). The van der Waals surface area contributed by atoms with Crippen molar-refractivity contribution in [1.82, 2.24) is 14.9 Å². The molecule has 0 aliphatic rings. The number of amides is 1. The smallest absolute Gasteiger partial charge is 0.293 e. The number of nitrogens with zero attached hydrogens (tertiary/aromatic N) is 3. The van der Waals surface area contributed by atoms with Crippen molar-refractivity contribution in [2.45, 2.75) is 20.4 Å². The third-order valence-electron chi connectivity index (χ3n) is 4.83. The molecule has 0 aliphatic heterocycles. The Morgan fingerprint density at radius 1 is 1.13 bits per heavy atom. The third kappa shape index (κ3) is 5.80. The number of nitrogens with one attached hydrogen (secondary N) is 1. The summed E-state index contributed by atoms with van der Waals surface area (Å²) in [6.07, 6.45) is 1.52. The van der Waals surface area contributed by atoms with E-state index in [1.165, 1.54) is 6.20 Å². The fourth-order valence-electron chi connectivity index (χ4n) is 3.38. The van der Waals surface area contributed by atoms with Gasteiger partial charge in [0.15, 0.2) is 0 Å². The summed E-state index contributed by atoms with van der Waals surface area (Å²) in [4.78, 5) is 23.4. The maximum Gasteiger partial charge on any atom is 0.293 e. The maximum absolute atomic E-state index is 12.9. The predicted molar refractivity (Wildman–Crippen MR) is 125 cm³/mol. The van der Waals surface area contributed by atoms with Gasteiger partial charge in [0, 0.05) is 35.6 Å². The first-order valence-electron chi connectivity index (χ1n) is 9.78. The quantitative estimate of drug-likeness (QED) is 0.534. The molecule has 31 heavy (non-hydrogen) atoms. The number of benzene rings is 2. The van der Waals surface area contributed by atoms with E-state index in [4.69, 9.17) is 28.3 Å². The number of carbonyl (C=O) groups is 1. The van der Waals surface area contributed by atoms with E-state index < -0.39 is 5.91 Å². The number of rotatable bonds is 7. The summed E-state index contributed by atoms with van der Waals surface area (Å²) in [5.41, 5.74) is 4.87. The van der Waals surface area contributed by atoms with E-state index in [1.54, 1.807) is 24.3 Å². The van der Waals surface area contributed by atoms with Gasteiger partial charge < -0.3 is 10.4 Å². The van der Waals surface area contributed by atoms with Gasteiger partial charge in [-0.2, -0.15) is 0 Å². The van der Waals surface area contributed by atoms with Crippen LogP contribution in [0.15, 0.2) is 42.6 Å². The molecular formula is C23H24Cl2N4O2. The highest BCUT2D eigenvalue weighted by Gasteiger charge is 2.16. The summed E-state index contributed by atoms with van der Waals surface area (Å²) in [7, 11) is 1.95. The number of hydrogen-bond donors (Lipinski definition) is 2. The molecule has 0 bridgehead atoms. The van der Waals surface area contributed by atoms with Gasteiger partial charge in [-0.05, 0) is 61.9 Å². The molecule has 0 saturated carbocycles. The Morgan fingerprint density at radius 2 is 1.84 bits per heavy atom. The van der Waals surface area contributed by atoms with Gasteiger partial charge in [0.2, 0.25) is 5.82 Å². The lowest BCUT2D eigenvalue weighted by atomic mass is 10.0. The van der Waals surface area contributed by atoms with E-state index in [0.717, 1.165) is 22.4 Å². The van der Waals surface area contributed by atoms with Gasteiger partial charge in [-0.25, -0.2) is 9.97 Å². The van der Waals surface area contributed by atoms with Gasteiger partial charge in [-0.3, -0.25) is 9.69 Å². The first kappa shape index (κ1) is 23.2. The molecule has 0 saturated heterocycles. The number of aromatic nitrogens is 2. The fourth-order valence-corrected chi connectivity index (χ4v) is 3.77. The summed E-state index contributed by atoms with van der Waals surface area (Å²) >= 11 is 12.3. The Bertz CT molecular complexity index is 1080. The van der Waals surface area contributed by atoms with Crippen LogP contribution >= 0.6 is 23.2 Å². The molecule has 162 valence electrons. The molecule has 1 aromatic heterocycles. The molecule has 0 atom stereocenters. The zero-order chi connectivity index (χ0) is 22.5. The van der Waals surface area contributed by atoms with Crippen LogP contribution in [0.4, 0.5) is 5.69 Å². The molecular weight excluding hydrogens is 435 g/mol. The van der Waals surface area contributed by atoms with Crippen molar-refractivity contribution in [3.8, 4) is 11.3 Å². The monoisotopic (exact) mass is 458 g/mol. The standard InChI is InChI=1S/C23H24Cl2N4O2/c1-14-10-16(13-29(3)8-9-30)11-15(2)21(14)28-23(31)22-26-7-6-20(27-22)18-12-17(24)4-5-19(18)25/h4-7,10-12,30H,8-9,13H2,1-3H3,(H,28,31). The second-order valence-corrected chi connectivity index (χ2v) is 8.25. The van der Waals surface area contributed by atoms with Crippen LogP contribution < -0.4 is 5.32 Å². The summed E-state index contributed by atoms with van der Waals surface area (Å²) < 4.78 is 0. The van der Waals surface area contributed by atoms with E-state index in [2.05, 4.69) is 15.3 Å². The van der Waals surface area contributed by atoms with E-state index in [1.807, 2.05) is 37.9 Å². The minimum absolute atomic E-state index is 0.0408. The Morgan fingerprint density at radius 3 is 2.52 bits per heavy atom. The van der Waals surface area contributed by atoms with Crippen LogP contribution in [0.25, 0.3) is 11.3 Å². The van der Waals surface area contributed by atoms with Crippen molar-refractivity contribution in [3.63, 3.8) is 0 Å². The van der Waals surface area contributed by atoms with Crippen LogP contribution in [0.1, 0.15) is 27.3 Å². The van der Waals surface area contributed by atoms with E-state index in [9.17, 15) is 4.79 Å². The average molecular weight is 459 g/mol. The summed E-state index contributed by atoms with van der Waals surface area (Å²) in [5, 5.41) is 13.0. The van der Waals surface area contributed by atoms with Crippen molar-refractivity contribution in [2.75, 3.05) is 25.5 Å². The lowest BCUT2D eigenvalue weighted by molar-refractivity contribution is 0.101. The van der Waals surface area contributed by atoms with Crippen LogP contribution in [-0.2, 0) is 6.54 Å². The number of hydrogen-bond acceptors (Lipinski definition) is 5. The van der Waals surface area contributed by atoms with Crippen molar-refractivity contribution >= 4 is 34.8 Å². The predicted octanol–water partition coefficient (Wildman–Crippen LogP) is 4.74. The van der Waals surface area contributed by atoms with Crippen molar-refractivity contribution in [3.05, 3.63) is 75.2 Å². The summed E-state index contributed by atoms with van der Waals surface area (Å²) in [5.74, 6) is -0.365. The number of aliphatic hydroxyl groups is 1. The Balaban J connectivity index is 1.83. The molecule has 6 nitrogen and oxygen atoms in total. The number of likely N-dealkylation sites (N-methyl/N-ethyl adjacent to an activating group) is 1. The second kappa shape index (κ2) is 10.2. The molecule has 8 heteroatoms. The van der Waals surface area contributed by atoms with Crippen molar-refractivity contribution in [2.24, 2.45) is 0 Å². The van der Waals surface area contributed by atoms with Crippen LogP contribution in [-0.4, -0.2) is 46.1 Å². The molecule has 1 amide bonds. The third-order valence-corrected chi connectivity index (χ3v) is 5.39. The number of aliphatic hydroxyl groups excluding tert-OH is 1. The average Bonchev–Trinajstić information content (AvgIpc) is 2.72. The van der Waals surface area contributed by atoms with Crippen LogP contribution in [0.2, 0.25) is 10.0 Å². The second-order valence-electron chi connectivity index (χ2n) is 7.41. The number of carbonyl (C=O) groups excluding carboxylic acids is 1. The van der Waals surface area contributed by atoms with E-state index in [-0.39, 0.29) is 12.4 Å². The van der Waals surface area contributed by atoms with E-state index in [0.29, 0.717) is 34.4 Å². The lowest BCUT2D eigenvalue weighted by Gasteiger charge is -2.18. The highest BCUT2D eigenvalue weighted by atomic mass is 35.5. The van der Waals surface area contributed by atoms with Crippen LogP contribution in [0, 0.1) is 13.8 Å². The van der Waals surface area contributed by atoms with Crippen molar-refractivity contribution in [1.29, 1.82) is 0 Å². The topological polar surface area (TPSA) is 78.4 Å². The van der Waals surface area contributed by atoms with Crippen LogP contribution in [0.3, 0.4) is 0 Å². The molecule has 0 unspecified atom stereocenters. The zero-order valence-corrected chi connectivity index (χ0v) is 19.1. The normalized spacial score (nSPS) is 11.1. The first-order valence-corrected chi connectivity index (χ1v) is 10.5. The SMILES string of the molecule is Cc1cc(CN(C)CCO)cc(C)c1NC(=O)c1nccc(-c2cc(Cl)ccc2Cl)n1. The minimum Gasteiger partial charge on any atom is -0.395 e. The number of aryl methyl sites for hydroxylation is 2. The Kier molecular flexibility index (Phi) is 7.62.